The monoisotopic (exact) mass is 354 g/mol. The number of nitrogens with zero attached hydrogens (tertiary/aromatic N) is 6. The van der Waals surface area contributed by atoms with E-state index in [-0.39, 0.29) is 23.0 Å². The molecule has 1 aliphatic heterocycles. The Bertz CT molecular complexity index is 952. The largest absolute Gasteiger partial charge is 0.269 e. The first-order chi connectivity index (χ1) is 12.1. The first-order valence-corrected chi connectivity index (χ1v) is 7.82. The zero-order valence-corrected chi connectivity index (χ0v) is 13.8. The van der Waals surface area contributed by atoms with Crippen LogP contribution in [0.15, 0.2) is 42.7 Å². The molecule has 0 saturated carbocycles. The van der Waals surface area contributed by atoms with E-state index >= 15 is 0 Å². The van der Waals surface area contributed by atoms with Gasteiger partial charge in [-0.2, -0.15) is 9.67 Å². The lowest BCUT2D eigenvalue weighted by Gasteiger charge is -2.21. The molecular formula is C16H11ClN6O2. The molecule has 9 heteroatoms. The number of fused-ring (bicyclic) bond motifs is 1. The van der Waals surface area contributed by atoms with E-state index in [1.807, 2.05) is 0 Å². The fraction of sp³-hybridized carbons (Fsp3) is 0.125. The zero-order chi connectivity index (χ0) is 17.6. The van der Waals surface area contributed by atoms with Crippen LogP contribution >= 0.6 is 11.6 Å². The summed E-state index contributed by atoms with van der Waals surface area (Å²) in [4.78, 5) is 38.8. The Morgan fingerprint density at radius 3 is 2.20 bits per heavy atom. The van der Waals surface area contributed by atoms with Gasteiger partial charge in [0.1, 0.15) is 0 Å². The van der Waals surface area contributed by atoms with E-state index in [2.05, 4.69) is 20.1 Å². The molecule has 1 aromatic carbocycles. The second-order valence-electron chi connectivity index (χ2n) is 5.40. The smallest absolute Gasteiger partial charge is 0.262 e. The second kappa shape index (κ2) is 5.75. The van der Waals surface area contributed by atoms with Gasteiger partial charge in [-0.3, -0.25) is 14.5 Å². The minimum absolute atomic E-state index is 0.0223. The molecule has 0 fully saturated rings. The third-order valence-corrected chi connectivity index (χ3v) is 4.09. The normalized spacial score (nSPS) is 14.7. The number of benzene rings is 1. The summed E-state index contributed by atoms with van der Waals surface area (Å²) in [6.45, 7) is 1.68. The highest BCUT2D eigenvalue weighted by Gasteiger charge is 2.40. The molecule has 25 heavy (non-hydrogen) atoms. The van der Waals surface area contributed by atoms with Crippen molar-refractivity contribution in [1.29, 1.82) is 0 Å². The van der Waals surface area contributed by atoms with Crippen LogP contribution < -0.4 is 0 Å². The molecule has 0 saturated heterocycles. The molecule has 0 N–H and O–H groups in total. The van der Waals surface area contributed by atoms with Crippen molar-refractivity contribution in [3.8, 4) is 5.95 Å². The summed E-state index contributed by atoms with van der Waals surface area (Å²) in [5.74, 6) is -0.216. The predicted octanol–water partition coefficient (Wildman–Crippen LogP) is 2.07. The van der Waals surface area contributed by atoms with Gasteiger partial charge in [0.25, 0.3) is 17.8 Å². The van der Waals surface area contributed by atoms with Gasteiger partial charge >= 0.3 is 0 Å². The highest BCUT2D eigenvalue weighted by Crippen LogP contribution is 2.31. The molecule has 1 atom stereocenters. The maximum absolute atomic E-state index is 12.7. The van der Waals surface area contributed by atoms with Gasteiger partial charge in [-0.15, -0.1) is 5.10 Å². The van der Waals surface area contributed by atoms with Crippen molar-refractivity contribution < 1.29 is 9.59 Å². The van der Waals surface area contributed by atoms with Gasteiger partial charge < -0.3 is 0 Å². The Kier molecular flexibility index (Phi) is 3.54. The molecular weight excluding hydrogens is 344 g/mol. The number of aromatic nitrogens is 5. The average Bonchev–Trinajstić information content (AvgIpc) is 3.14. The minimum atomic E-state index is -0.698. The summed E-state index contributed by atoms with van der Waals surface area (Å²) in [7, 11) is 0. The highest BCUT2D eigenvalue weighted by atomic mass is 35.5. The molecule has 0 bridgehead atoms. The van der Waals surface area contributed by atoms with Gasteiger partial charge in [-0.05, 0) is 36.7 Å². The number of rotatable bonds is 3. The fourth-order valence-corrected chi connectivity index (χ4v) is 2.95. The van der Waals surface area contributed by atoms with Crippen molar-refractivity contribution >= 4 is 23.4 Å². The number of amides is 2. The maximum Gasteiger partial charge on any atom is 0.262 e. The van der Waals surface area contributed by atoms with Crippen LogP contribution in [0.2, 0.25) is 5.28 Å². The Hall–Kier alpha value is -3.13. The number of hydrogen-bond acceptors (Lipinski definition) is 6. The SMILES string of the molecule is CC(c1nc(Cl)nn1-c1ncccn1)N1C(=O)c2ccccc2C1=O. The van der Waals surface area contributed by atoms with Crippen molar-refractivity contribution in [2.75, 3.05) is 0 Å². The molecule has 3 heterocycles. The minimum Gasteiger partial charge on any atom is -0.269 e. The van der Waals surface area contributed by atoms with Crippen molar-refractivity contribution in [3.05, 3.63) is 65.0 Å². The summed E-state index contributed by atoms with van der Waals surface area (Å²) in [5.41, 5.74) is 0.736. The summed E-state index contributed by atoms with van der Waals surface area (Å²) in [5, 5.41) is 4.05. The molecule has 1 aliphatic rings. The van der Waals surface area contributed by atoms with Crippen LogP contribution in [-0.2, 0) is 0 Å². The number of carbonyl (C=O) groups excluding carboxylic acids is 2. The van der Waals surface area contributed by atoms with E-state index in [9.17, 15) is 9.59 Å². The van der Waals surface area contributed by atoms with Gasteiger partial charge in [-0.1, -0.05) is 12.1 Å². The van der Waals surface area contributed by atoms with Gasteiger partial charge in [0.2, 0.25) is 5.28 Å². The van der Waals surface area contributed by atoms with Crippen molar-refractivity contribution in [3.63, 3.8) is 0 Å². The van der Waals surface area contributed by atoms with Crippen LogP contribution in [0.4, 0.5) is 0 Å². The predicted molar refractivity (Wildman–Crippen MR) is 87.3 cm³/mol. The maximum atomic E-state index is 12.7. The van der Waals surface area contributed by atoms with Crippen molar-refractivity contribution in [2.24, 2.45) is 0 Å². The van der Waals surface area contributed by atoms with Crippen molar-refractivity contribution in [1.82, 2.24) is 29.6 Å². The lowest BCUT2D eigenvalue weighted by Crippen LogP contribution is -2.34. The molecule has 8 nitrogen and oxygen atoms in total. The van der Waals surface area contributed by atoms with Crippen LogP contribution in [0.5, 0.6) is 0 Å². The molecule has 3 aromatic rings. The van der Waals surface area contributed by atoms with Gasteiger partial charge in [-0.25, -0.2) is 9.97 Å². The summed E-state index contributed by atoms with van der Waals surface area (Å²) in [6.07, 6.45) is 3.10. The van der Waals surface area contributed by atoms with Gasteiger partial charge in [0.05, 0.1) is 17.2 Å². The third kappa shape index (κ3) is 2.38. The Morgan fingerprint density at radius 2 is 1.60 bits per heavy atom. The quantitative estimate of drug-likeness (QED) is 0.668. The van der Waals surface area contributed by atoms with E-state index < -0.39 is 6.04 Å². The fourth-order valence-electron chi connectivity index (χ4n) is 2.79. The van der Waals surface area contributed by atoms with E-state index in [4.69, 9.17) is 11.6 Å². The van der Waals surface area contributed by atoms with E-state index in [1.54, 1.807) is 49.6 Å². The molecule has 0 aliphatic carbocycles. The van der Waals surface area contributed by atoms with E-state index in [0.717, 1.165) is 4.90 Å². The lowest BCUT2D eigenvalue weighted by atomic mass is 10.1. The highest BCUT2D eigenvalue weighted by molar-refractivity contribution is 6.28. The second-order valence-corrected chi connectivity index (χ2v) is 5.74. The Balaban J connectivity index is 1.78. The standard InChI is InChI=1S/C16H11ClN6O2/c1-9(22-13(24)10-5-2-3-6-11(10)14(22)25)12-20-15(17)21-23(12)16-18-7-4-8-19-16/h2-9H,1H3. The molecule has 0 spiro atoms. The lowest BCUT2D eigenvalue weighted by molar-refractivity contribution is 0.0587. The topological polar surface area (TPSA) is 93.9 Å². The summed E-state index contributed by atoms with van der Waals surface area (Å²) in [6, 6.07) is 7.65. The molecule has 2 amide bonds. The van der Waals surface area contributed by atoms with Crippen LogP contribution in [0.1, 0.15) is 39.5 Å². The van der Waals surface area contributed by atoms with Crippen LogP contribution in [0.25, 0.3) is 5.95 Å². The van der Waals surface area contributed by atoms with Gasteiger partial charge in [0.15, 0.2) is 5.82 Å². The van der Waals surface area contributed by atoms with Crippen molar-refractivity contribution in [2.45, 2.75) is 13.0 Å². The average molecular weight is 355 g/mol. The Morgan fingerprint density at radius 1 is 1.00 bits per heavy atom. The van der Waals surface area contributed by atoms with E-state index in [1.165, 1.54) is 4.68 Å². The number of halogens is 1. The number of carbonyl (C=O) groups is 2. The number of hydrogen-bond donors (Lipinski definition) is 0. The van der Waals surface area contributed by atoms with Gasteiger partial charge in [0, 0.05) is 12.4 Å². The first kappa shape index (κ1) is 15.4. The first-order valence-electron chi connectivity index (χ1n) is 7.44. The van der Waals surface area contributed by atoms with Crippen LogP contribution in [-0.4, -0.2) is 41.4 Å². The molecule has 2 aromatic heterocycles. The zero-order valence-electron chi connectivity index (χ0n) is 13.0. The molecule has 0 radical (unpaired) electrons. The Labute approximate surface area is 147 Å². The number of imide groups is 1. The van der Waals surface area contributed by atoms with Crippen LogP contribution in [0.3, 0.4) is 0 Å². The summed E-state index contributed by atoms with van der Waals surface area (Å²) >= 11 is 5.94. The summed E-state index contributed by atoms with van der Waals surface area (Å²) < 4.78 is 1.33. The van der Waals surface area contributed by atoms with Crippen LogP contribution in [0, 0.1) is 0 Å². The van der Waals surface area contributed by atoms with E-state index in [0.29, 0.717) is 17.0 Å². The third-order valence-electron chi connectivity index (χ3n) is 3.93. The molecule has 124 valence electrons. The molecule has 1 unspecified atom stereocenters. The molecule has 4 rings (SSSR count).